The van der Waals surface area contributed by atoms with Gasteiger partial charge in [0.15, 0.2) is 0 Å². The van der Waals surface area contributed by atoms with Gasteiger partial charge in [0.05, 0.1) is 19.4 Å². The first-order chi connectivity index (χ1) is 7.70. The van der Waals surface area contributed by atoms with Gasteiger partial charge in [-0.15, -0.1) is 0 Å². The summed E-state index contributed by atoms with van der Waals surface area (Å²) in [5.74, 6) is -1.25. The maximum absolute atomic E-state index is 11.0. The molecule has 0 aliphatic rings. The second-order valence-corrected chi connectivity index (χ2v) is 3.60. The summed E-state index contributed by atoms with van der Waals surface area (Å²) >= 11 is 0. The molecule has 0 aromatic carbocycles. The summed E-state index contributed by atoms with van der Waals surface area (Å²) in [7, 11) is 0. The first-order valence-corrected chi connectivity index (χ1v) is 5.70. The van der Waals surface area contributed by atoms with Gasteiger partial charge in [0, 0.05) is 0 Å². The van der Waals surface area contributed by atoms with Crippen LogP contribution in [0.5, 0.6) is 0 Å². The lowest BCUT2D eigenvalue weighted by Gasteiger charge is -2.03. The molecule has 0 spiro atoms. The highest BCUT2D eigenvalue weighted by Gasteiger charge is 2.08. The van der Waals surface area contributed by atoms with Crippen molar-refractivity contribution in [1.29, 1.82) is 0 Å². The summed E-state index contributed by atoms with van der Waals surface area (Å²) < 4.78 is 4.89. The Hall–Kier alpha value is -1.10. The molecule has 0 rings (SSSR count). The van der Waals surface area contributed by atoms with Crippen LogP contribution in [-0.2, 0) is 19.2 Å². The van der Waals surface area contributed by atoms with E-state index in [1.165, 1.54) is 12.8 Å². The summed E-state index contributed by atoms with van der Waals surface area (Å²) in [4.78, 5) is 24.9. The lowest BCUT2D eigenvalue weighted by atomic mass is 10.2. The third-order valence-electron chi connectivity index (χ3n) is 2.15. The Labute approximate surface area is 95.7 Å². The van der Waals surface area contributed by atoms with E-state index in [1.807, 2.05) is 0 Å². The molecule has 0 aliphatic carbocycles. The predicted octanol–water partition coefficient (Wildman–Crippen LogP) is 2.30. The van der Waals surface area contributed by atoms with Crippen molar-refractivity contribution >= 4 is 11.9 Å². The molecule has 0 bridgehead atoms. The van der Waals surface area contributed by atoms with Crippen molar-refractivity contribution in [3.8, 4) is 0 Å². The van der Waals surface area contributed by atoms with Crippen molar-refractivity contribution in [2.75, 3.05) is 6.61 Å². The Balaban J connectivity index is 3.27. The van der Waals surface area contributed by atoms with Crippen LogP contribution in [-0.4, -0.2) is 23.8 Å². The Morgan fingerprint density at radius 3 is 2.25 bits per heavy atom. The van der Waals surface area contributed by atoms with Gasteiger partial charge in [-0.05, 0) is 6.42 Å². The zero-order valence-electron chi connectivity index (χ0n) is 9.74. The van der Waals surface area contributed by atoms with Crippen molar-refractivity contribution in [3.63, 3.8) is 0 Å². The van der Waals surface area contributed by atoms with E-state index in [4.69, 9.17) is 9.99 Å². The van der Waals surface area contributed by atoms with Crippen LogP contribution in [0.2, 0.25) is 0 Å². The molecule has 16 heavy (non-hydrogen) atoms. The van der Waals surface area contributed by atoms with Gasteiger partial charge in [-0.1, -0.05) is 32.6 Å². The average molecular weight is 232 g/mol. The molecule has 5 nitrogen and oxygen atoms in total. The molecule has 1 N–H and O–H groups in total. The third-order valence-corrected chi connectivity index (χ3v) is 2.15. The summed E-state index contributed by atoms with van der Waals surface area (Å²) in [6.45, 7) is 2.54. The summed E-state index contributed by atoms with van der Waals surface area (Å²) in [5.41, 5.74) is 0. The number of carbonyl (C=O) groups is 2. The topological polar surface area (TPSA) is 72.8 Å². The number of unbranched alkanes of at least 4 members (excludes halogenated alkanes) is 4. The average Bonchev–Trinajstić information content (AvgIpc) is 2.30. The Morgan fingerprint density at radius 2 is 1.62 bits per heavy atom. The molecule has 0 unspecified atom stereocenters. The standard InChI is InChI=1S/C11H20O5/c1-2-3-4-5-6-9-15-10(12)7-8-11(13)16-14/h14H,2-9H2,1H3. The third kappa shape index (κ3) is 9.45. The quantitative estimate of drug-likeness (QED) is 0.286. The predicted molar refractivity (Wildman–Crippen MR) is 57.7 cm³/mol. The van der Waals surface area contributed by atoms with Gasteiger partial charge in [-0.25, -0.2) is 4.79 Å². The zero-order chi connectivity index (χ0) is 12.2. The van der Waals surface area contributed by atoms with E-state index in [1.54, 1.807) is 0 Å². The monoisotopic (exact) mass is 232 g/mol. The van der Waals surface area contributed by atoms with Crippen LogP contribution in [0.3, 0.4) is 0 Å². The largest absolute Gasteiger partial charge is 0.466 e. The normalized spacial score (nSPS) is 9.88. The minimum absolute atomic E-state index is 0.0473. The van der Waals surface area contributed by atoms with Crippen LogP contribution in [0.15, 0.2) is 0 Å². The van der Waals surface area contributed by atoms with Gasteiger partial charge < -0.3 is 9.62 Å². The number of hydrogen-bond acceptors (Lipinski definition) is 5. The lowest BCUT2D eigenvalue weighted by molar-refractivity contribution is -0.234. The first-order valence-electron chi connectivity index (χ1n) is 5.70. The smallest absolute Gasteiger partial charge is 0.342 e. The fourth-order valence-corrected chi connectivity index (χ4v) is 1.21. The van der Waals surface area contributed by atoms with Crippen molar-refractivity contribution < 1.29 is 24.5 Å². The van der Waals surface area contributed by atoms with Crippen LogP contribution >= 0.6 is 0 Å². The highest BCUT2D eigenvalue weighted by atomic mass is 17.1. The number of hydrogen-bond donors (Lipinski definition) is 1. The molecule has 0 atom stereocenters. The van der Waals surface area contributed by atoms with E-state index in [2.05, 4.69) is 11.8 Å². The molecular formula is C11H20O5. The molecule has 0 saturated carbocycles. The van der Waals surface area contributed by atoms with E-state index in [0.717, 1.165) is 19.3 Å². The minimum atomic E-state index is -0.820. The molecule has 0 heterocycles. The van der Waals surface area contributed by atoms with Gasteiger partial charge in [0.2, 0.25) is 0 Å². The highest BCUT2D eigenvalue weighted by Crippen LogP contribution is 2.03. The van der Waals surface area contributed by atoms with Crippen molar-refractivity contribution in [2.45, 2.75) is 51.9 Å². The molecule has 0 saturated heterocycles. The molecule has 0 aliphatic heterocycles. The number of rotatable bonds is 9. The van der Waals surface area contributed by atoms with Crippen LogP contribution in [0.1, 0.15) is 51.9 Å². The van der Waals surface area contributed by atoms with E-state index >= 15 is 0 Å². The molecule has 0 fully saturated rings. The second-order valence-electron chi connectivity index (χ2n) is 3.60. The molecule has 0 amide bonds. The van der Waals surface area contributed by atoms with E-state index in [-0.39, 0.29) is 12.8 Å². The number of ether oxygens (including phenoxy) is 1. The molecule has 0 aromatic rings. The van der Waals surface area contributed by atoms with Crippen LogP contribution < -0.4 is 0 Å². The molecule has 0 radical (unpaired) electrons. The van der Waals surface area contributed by atoms with Crippen LogP contribution in [0.25, 0.3) is 0 Å². The highest BCUT2D eigenvalue weighted by molar-refractivity contribution is 5.77. The van der Waals surface area contributed by atoms with Gasteiger partial charge in [-0.2, -0.15) is 5.26 Å². The molecular weight excluding hydrogens is 212 g/mol. The van der Waals surface area contributed by atoms with Gasteiger partial charge in [0.1, 0.15) is 0 Å². The summed E-state index contributed by atoms with van der Waals surface area (Å²) in [6.07, 6.45) is 5.26. The summed E-state index contributed by atoms with van der Waals surface area (Å²) in [6, 6.07) is 0. The van der Waals surface area contributed by atoms with Crippen molar-refractivity contribution in [3.05, 3.63) is 0 Å². The van der Waals surface area contributed by atoms with Gasteiger partial charge in [0.25, 0.3) is 0 Å². The van der Waals surface area contributed by atoms with Crippen LogP contribution in [0.4, 0.5) is 0 Å². The van der Waals surface area contributed by atoms with E-state index in [0.29, 0.717) is 6.61 Å². The SMILES string of the molecule is CCCCCCCOC(=O)CCC(=O)OO. The fourth-order valence-electron chi connectivity index (χ4n) is 1.21. The Morgan fingerprint density at radius 1 is 1.00 bits per heavy atom. The van der Waals surface area contributed by atoms with Crippen molar-refractivity contribution in [1.82, 2.24) is 0 Å². The second kappa shape index (κ2) is 10.4. The number of carbonyl (C=O) groups excluding carboxylic acids is 2. The van der Waals surface area contributed by atoms with Gasteiger partial charge >= 0.3 is 11.9 Å². The van der Waals surface area contributed by atoms with Gasteiger partial charge in [-0.3, -0.25) is 4.79 Å². The minimum Gasteiger partial charge on any atom is -0.466 e. The summed E-state index contributed by atoms with van der Waals surface area (Å²) in [5, 5.41) is 7.94. The molecule has 5 heteroatoms. The van der Waals surface area contributed by atoms with Crippen LogP contribution in [0, 0.1) is 0 Å². The fraction of sp³-hybridized carbons (Fsp3) is 0.818. The molecule has 0 aromatic heterocycles. The maximum Gasteiger partial charge on any atom is 0.342 e. The zero-order valence-corrected chi connectivity index (χ0v) is 9.74. The van der Waals surface area contributed by atoms with E-state index < -0.39 is 11.9 Å². The van der Waals surface area contributed by atoms with Crippen molar-refractivity contribution in [2.24, 2.45) is 0 Å². The first kappa shape index (κ1) is 14.9. The molecule has 94 valence electrons. The lowest BCUT2D eigenvalue weighted by Crippen LogP contribution is -2.09. The Bertz CT molecular complexity index is 203. The Kier molecular flexibility index (Phi) is 9.70. The van der Waals surface area contributed by atoms with E-state index in [9.17, 15) is 9.59 Å². The maximum atomic E-state index is 11.0. The number of esters is 1.